The standard InChI is InChI=1S/C7H9FN2O/c8-7-2-6(3-7,4-7)5(11)1-10-9/h1H,2-4,9H2. The summed E-state index contributed by atoms with van der Waals surface area (Å²) in [6.45, 7) is 0. The molecule has 3 aliphatic carbocycles. The topological polar surface area (TPSA) is 55.4 Å². The van der Waals surface area contributed by atoms with Gasteiger partial charge in [-0.15, -0.1) is 0 Å². The first-order valence-corrected chi connectivity index (χ1v) is 3.57. The summed E-state index contributed by atoms with van der Waals surface area (Å²) in [4.78, 5) is 11.1. The van der Waals surface area contributed by atoms with Gasteiger partial charge >= 0.3 is 0 Å². The molecule has 0 radical (unpaired) electrons. The summed E-state index contributed by atoms with van der Waals surface area (Å²) in [7, 11) is 0. The van der Waals surface area contributed by atoms with Gasteiger partial charge in [0, 0.05) is 5.41 Å². The lowest BCUT2D eigenvalue weighted by Crippen LogP contribution is -2.68. The molecular weight excluding hydrogens is 147 g/mol. The Morgan fingerprint density at radius 2 is 2.09 bits per heavy atom. The molecule has 3 rings (SSSR count). The molecule has 0 aromatic rings. The summed E-state index contributed by atoms with van der Waals surface area (Å²) >= 11 is 0. The maximum absolute atomic E-state index is 12.9. The monoisotopic (exact) mass is 156 g/mol. The van der Waals surface area contributed by atoms with Gasteiger partial charge in [0.1, 0.15) is 5.67 Å². The van der Waals surface area contributed by atoms with Gasteiger partial charge < -0.3 is 5.84 Å². The van der Waals surface area contributed by atoms with Crippen molar-refractivity contribution in [2.24, 2.45) is 16.4 Å². The molecule has 3 nitrogen and oxygen atoms in total. The quantitative estimate of drug-likeness (QED) is 0.357. The van der Waals surface area contributed by atoms with Gasteiger partial charge in [-0.1, -0.05) is 0 Å². The van der Waals surface area contributed by atoms with E-state index >= 15 is 0 Å². The number of carbonyl (C=O) groups excluding carboxylic acids is 1. The summed E-state index contributed by atoms with van der Waals surface area (Å²) in [6, 6.07) is 0. The predicted molar refractivity (Wildman–Crippen MR) is 37.8 cm³/mol. The molecule has 60 valence electrons. The van der Waals surface area contributed by atoms with Crippen molar-refractivity contribution in [1.82, 2.24) is 0 Å². The fourth-order valence-electron chi connectivity index (χ4n) is 2.13. The lowest BCUT2D eigenvalue weighted by molar-refractivity contribution is -0.205. The number of Topliss-reactive ketones (excluding diaryl/α,β-unsaturated/α-hetero) is 1. The first kappa shape index (κ1) is 6.76. The van der Waals surface area contributed by atoms with Gasteiger partial charge in [0.25, 0.3) is 0 Å². The normalized spacial score (nSPS) is 46.6. The second kappa shape index (κ2) is 1.62. The zero-order valence-electron chi connectivity index (χ0n) is 6.01. The van der Waals surface area contributed by atoms with E-state index in [1.807, 2.05) is 0 Å². The second-order valence-corrected chi connectivity index (χ2v) is 3.60. The van der Waals surface area contributed by atoms with Crippen LogP contribution in [0.5, 0.6) is 0 Å². The summed E-state index contributed by atoms with van der Waals surface area (Å²) in [6.07, 6.45) is 2.24. The lowest BCUT2D eigenvalue weighted by Gasteiger charge is -2.64. The average molecular weight is 156 g/mol. The third-order valence-corrected chi connectivity index (χ3v) is 2.68. The van der Waals surface area contributed by atoms with Crippen LogP contribution in [0.1, 0.15) is 19.3 Å². The summed E-state index contributed by atoms with van der Waals surface area (Å²) < 4.78 is 12.9. The summed E-state index contributed by atoms with van der Waals surface area (Å²) in [5.41, 5.74) is -1.42. The van der Waals surface area contributed by atoms with Gasteiger partial charge in [0.15, 0.2) is 5.78 Å². The molecule has 11 heavy (non-hydrogen) atoms. The maximum atomic E-state index is 12.9. The molecule has 3 saturated carbocycles. The Kier molecular flexibility index (Phi) is 0.998. The largest absolute Gasteiger partial charge is 0.323 e. The Morgan fingerprint density at radius 3 is 2.45 bits per heavy atom. The Balaban J connectivity index is 2.04. The minimum Gasteiger partial charge on any atom is -0.323 e. The van der Waals surface area contributed by atoms with E-state index in [1.54, 1.807) is 0 Å². The molecule has 2 bridgehead atoms. The minimum absolute atomic E-state index is 0.112. The van der Waals surface area contributed by atoms with E-state index < -0.39 is 11.1 Å². The SMILES string of the molecule is NN=CC(=O)C12CC(F)(C1)C2. The molecule has 0 saturated heterocycles. The van der Waals surface area contributed by atoms with E-state index in [1.165, 1.54) is 0 Å². The molecule has 3 fully saturated rings. The highest BCUT2D eigenvalue weighted by atomic mass is 19.1. The van der Waals surface area contributed by atoms with Crippen molar-refractivity contribution in [1.29, 1.82) is 0 Å². The van der Waals surface area contributed by atoms with Crippen LogP contribution in [0.2, 0.25) is 0 Å². The molecule has 3 aliphatic rings. The number of halogens is 1. The number of hydrogen-bond donors (Lipinski definition) is 1. The number of nitrogens with two attached hydrogens (primary N) is 1. The van der Waals surface area contributed by atoms with Gasteiger partial charge in [0.05, 0.1) is 6.21 Å². The molecule has 0 unspecified atom stereocenters. The van der Waals surface area contributed by atoms with Crippen molar-refractivity contribution in [2.45, 2.75) is 24.9 Å². The van der Waals surface area contributed by atoms with Crippen molar-refractivity contribution in [2.75, 3.05) is 0 Å². The van der Waals surface area contributed by atoms with Gasteiger partial charge in [-0.05, 0) is 19.3 Å². The number of rotatable bonds is 2. The molecule has 0 aliphatic heterocycles. The van der Waals surface area contributed by atoms with Crippen molar-refractivity contribution in [3.8, 4) is 0 Å². The van der Waals surface area contributed by atoms with Crippen LogP contribution in [-0.4, -0.2) is 17.7 Å². The number of hydrazone groups is 1. The van der Waals surface area contributed by atoms with Crippen LogP contribution in [0.4, 0.5) is 4.39 Å². The number of hydrogen-bond acceptors (Lipinski definition) is 3. The zero-order chi connectivity index (χ0) is 8.11. The number of alkyl halides is 1. The third kappa shape index (κ3) is 0.667. The minimum atomic E-state index is -1.02. The van der Waals surface area contributed by atoms with Crippen LogP contribution in [0, 0.1) is 5.41 Å². The van der Waals surface area contributed by atoms with Gasteiger partial charge in [-0.2, -0.15) is 5.10 Å². The van der Waals surface area contributed by atoms with Crippen LogP contribution in [-0.2, 0) is 4.79 Å². The molecule has 0 amide bonds. The van der Waals surface area contributed by atoms with Crippen molar-refractivity contribution in [3.05, 3.63) is 0 Å². The third-order valence-electron chi connectivity index (χ3n) is 2.68. The molecular formula is C7H9FN2O. The van der Waals surface area contributed by atoms with E-state index in [0.29, 0.717) is 19.3 Å². The van der Waals surface area contributed by atoms with E-state index in [0.717, 1.165) is 6.21 Å². The molecule has 4 heteroatoms. The predicted octanol–water partition coefficient (Wildman–Crippen LogP) is 0.392. The first-order valence-electron chi connectivity index (χ1n) is 3.57. The van der Waals surface area contributed by atoms with E-state index in [4.69, 9.17) is 5.84 Å². The Bertz CT molecular complexity index is 229. The fourth-order valence-corrected chi connectivity index (χ4v) is 2.13. The molecule has 0 spiro atoms. The van der Waals surface area contributed by atoms with Crippen LogP contribution < -0.4 is 5.84 Å². The Labute approximate surface area is 63.4 Å². The highest BCUT2D eigenvalue weighted by Crippen LogP contribution is 2.69. The summed E-state index contributed by atoms with van der Waals surface area (Å²) in [5, 5.41) is 3.13. The number of carbonyl (C=O) groups is 1. The van der Waals surface area contributed by atoms with Crippen molar-refractivity contribution in [3.63, 3.8) is 0 Å². The van der Waals surface area contributed by atoms with Gasteiger partial charge in [0.2, 0.25) is 0 Å². The lowest BCUT2D eigenvalue weighted by atomic mass is 9.41. The molecule has 0 aromatic heterocycles. The van der Waals surface area contributed by atoms with Crippen molar-refractivity contribution < 1.29 is 9.18 Å². The molecule has 0 heterocycles. The number of ketones is 1. The van der Waals surface area contributed by atoms with Crippen LogP contribution in [0.25, 0.3) is 0 Å². The Hall–Kier alpha value is -0.930. The van der Waals surface area contributed by atoms with Crippen molar-refractivity contribution >= 4 is 12.0 Å². The molecule has 0 aromatic carbocycles. The Morgan fingerprint density at radius 1 is 1.55 bits per heavy atom. The molecule has 0 atom stereocenters. The smallest absolute Gasteiger partial charge is 0.182 e. The van der Waals surface area contributed by atoms with Crippen LogP contribution in [0.15, 0.2) is 5.10 Å². The van der Waals surface area contributed by atoms with Gasteiger partial charge in [-0.3, -0.25) is 4.79 Å². The number of nitrogens with zero attached hydrogens (tertiary/aromatic N) is 1. The van der Waals surface area contributed by atoms with Crippen LogP contribution >= 0.6 is 0 Å². The van der Waals surface area contributed by atoms with Gasteiger partial charge in [-0.25, -0.2) is 4.39 Å². The van der Waals surface area contributed by atoms with Crippen LogP contribution in [0.3, 0.4) is 0 Å². The maximum Gasteiger partial charge on any atom is 0.182 e. The highest BCUT2D eigenvalue weighted by molar-refractivity contribution is 6.30. The zero-order valence-corrected chi connectivity index (χ0v) is 6.01. The van der Waals surface area contributed by atoms with E-state index in [9.17, 15) is 9.18 Å². The first-order chi connectivity index (χ1) is 5.10. The average Bonchev–Trinajstić information content (AvgIpc) is 1.79. The fraction of sp³-hybridized carbons (Fsp3) is 0.714. The van der Waals surface area contributed by atoms with E-state index in [-0.39, 0.29) is 5.78 Å². The van der Waals surface area contributed by atoms with E-state index in [2.05, 4.69) is 5.10 Å². The molecule has 2 N–H and O–H groups in total. The summed E-state index contributed by atoms with van der Waals surface area (Å²) in [5.74, 6) is 4.70. The second-order valence-electron chi connectivity index (χ2n) is 3.60. The highest BCUT2D eigenvalue weighted by Gasteiger charge is 2.72.